The highest BCUT2D eigenvalue weighted by atomic mass is 16.5. The van der Waals surface area contributed by atoms with E-state index in [-0.39, 0.29) is 12.0 Å². The molecule has 0 bridgehead atoms. The molecule has 0 fully saturated rings. The van der Waals surface area contributed by atoms with Gasteiger partial charge in [-0.3, -0.25) is 5.01 Å². The molecule has 0 saturated carbocycles. The average Bonchev–Trinajstić information content (AvgIpc) is 3.12. The predicted octanol–water partition coefficient (Wildman–Crippen LogP) is 4.97. The Morgan fingerprint density at radius 2 is 1.78 bits per heavy atom. The van der Waals surface area contributed by atoms with Crippen LogP contribution in [0.5, 0.6) is 0 Å². The number of carbonyl (C=O) groups excluding carboxylic acids is 1. The number of hydrazone groups is 1. The fraction of sp³-hybridized carbons (Fsp3) is 0.217. The molecule has 0 saturated heterocycles. The van der Waals surface area contributed by atoms with Gasteiger partial charge in [-0.2, -0.15) is 5.10 Å². The van der Waals surface area contributed by atoms with E-state index in [1.165, 1.54) is 11.6 Å². The van der Waals surface area contributed by atoms with Gasteiger partial charge in [0.2, 0.25) is 0 Å². The Bertz CT molecular complexity index is 854. The van der Waals surface area contributed by atoms with E-state index in [4.69, 9.17) is 9.84 Å². The molecule has 2 aromatic rings. The first kappa shape index (κ1) is 18.6. The number of benzene rings is 2. The highest BCUT2D eigenvalue weighted by molar-refractivity contribution is 5.99. The van der Waals surface area contributed by atoms with Gasteiger partial charge >= 0.3 is 5.97 Å². The number of carbonyl (C=O) groups is 1. The molecule has 0 radical (unpaired) electrons. The first-order chi connectivity index (χ1) is 13.2. The van der Waals surface area contributed by atoms with Crippen LogP contribution in [0.2, 0.25) is 0 Å². The summed E-state index contributed by atoms with van der Waals surface area (Å²) in [5.41, 5.74) is 4.05. The zero-order chi connectivity index (χ0) is 19.1. The van der Waals surface area contributed by atoms with Gasteiger partial charge in [0.1, 0.15) is 0 Å². The van der Waals surface area contributed by atoms with Gasteiger partial charge < -0.3 is 4.74 Å². The average molecular weight is 360 g/mol. The van der Waals surface area contributed by atoms with Crippen LogP contribution in [0.1, 0.15) is 37.4 Å². The lowest BCUT2D eigenvalue weighted by Gasteiger charge is -2.24. The molecule has 1 aliphatic heterocycles. The molecule has 3 rings (SSSR count). The van der Waals surface area contributed by atoms with E-state index >= 15 is 0 Å². The summed E-state index contributed by atoms with van der Waals surface area (Å²) in [4.78, 5) is 11.9. The predicted molar refractivity (Wildman–Crippen MR) is 109 cm³/mol. The molecule has 1 unspecified atom stereocenters. The molecular weight excluding hydrogens is 336 g/mol. The third-order valence-electron chi connectivity index (χ3n) is 4.36. The second kappa shape index (κ2) is 8.99. The summed E-state index contributed by atoms with van der Waals surface area (Å²) in [5, 5.41) is 6.67. The van der Waals surface area contributed by atoms with Crippen LogP contribution in [-0.2, 0) is 9.53 Å². The van der Waals surface area contributed by atoms with E-state index in [2.05, 4.69) is 30.3 Å². The van der Waals surface area contributed by atoms with E-state index in [9.17, 15) is 4.79 Å². The van der Waals surface area contributed by atoms with Crippen molar-refractivity contribution in [2.45, 2.75) is 26.3 Å². The molecule has 1 aliphatic rings. The van der Waals surface area contributed by atoms with Crippen LogP contribution >= 0.6 is 0 Å². The second-order valence-electron chi connectivity index (χ2n) is 6.35. The Labute approximate surface area is 160 Å². The Morgan fingerprint density at radius 3 is 2.44 bits per heavy atom. The maximum atomic E-state index is 11.9. The zero-order valence-corrected chi connectivity index (χ0v) is 15.7. The Morgan fingerprint density at radius 1 is 1.11 bits per heavy atom. The minimum absolute atomic E-state index is 0.0623. The van der Waals surface area contributed by atoms with Gasteiger partial charge in [0.05, 0.1) is 18.4 Å². The van der Waals surface area contributed by atoms with Crippen LogP contribution in [0.25, 0.3) is 6.08 Å². The number of esters is 1. The van der Waals surface area contributed by atoms with E-state index in [1.807, 2.05) is 54.4 Å². The maximum Gasteiger partial charge on any atom is 0.332 e. The molecule has 1 heterocycles. The molecule has 0 aliphatic carbocycles. The molecule has 27 heavy (non-hydrogen) atoms. The molecule has 0 amide bonds. The smallest absolute Gasteiger partial charge is 0.332 e. The van der Waals surface area contributed by atoms with Crippen molar-refractivity contribution in [3.8, 4) is 0 Å². The van der Waals surface area contributed by atoms with E-state index in [0.29, 0.717) is 6.61 Å². The number of rotatable bonds is 6. The molecule has 1 atom stereocenters. The summed E-state index contributed by atoms with van der Waals surface area (Å²) in [5.74, 6) is -0.342. The van der Waals surface area contributed by atoms with E-state index < -0.39 is 0 Å². The zero-order valence-electron chi connectivity index (χ0n) is 15.7. The fourth-order valence-corrected chi connectivity index (χ4v) is 3.07. The highest BCUT2D eigenvalue weighted by Crippen LogP contribution is 2.34. The largest absolute Gasteiger partial charge is 0.463 e. The molecule has 0 N–H and O–H groups in total. The third kappa shape index (κ3) is 4.94. The molecule has 4 nitrogen and oxygen atoms in total. The van der Waals surface area contributed by atoms with Crippen molar-refractivity contribution in [3.63, 3.8) is 0 Å². The molecule has 0 spiro atoms. The summed E-state index contributed by atoms with van der Waals surface area (Å²) in [6, 6.07) is 20.4. The SMILES string of the molecule is CCOC(=O)/C=C(\C)N1N=C(/C=C/c2ccccc2)CC1c1ccccc1. The van der Waals surface area contributed by atoms with Gasteiger partial charge in [0, 0.05) is 18.2 Å². The first-order valence-electron chi connectivity index (χ1n) is 9.17. The van der Waals surface area contributed by atoms with Crippen LogP contribution in [0.15, 0.2) is 83.6 Å². The van der Waals surface area contributed by atoms with Crippen LogP contribution < -0.4 is 0 Å². The highest BCUT2D eigenvalue weighted by Gasteiger charge is 2.28. The van der Waals surface area contributed by atoms with Crippen LogP contribution in [0, 0.1) is 0 Å². The molecule has 4 heteroatoms. The van der Waals surface area contributed by atoms with Crippen LogP contribution in [0.4, 0.5) is 0 Å². The lowest BCUT2D eigenvalue weighted by atomic mass is 10.0. The summed E-state index contributed by atoms with van der Waals surface area (Å²) >= 11 is 0. The fourth-order valence-electron chi connectivity index (χ4n) is 3.07. The first-order valence-corrected chi connectivity index (χ1v) is 9.17. The van der Waals surface area contributed by atoms with Crippen molar-refractivity contribution >= 4 is 17.8 Å². The van der Waals surface area contributed by atoms with Crippen molar-refractivity contribution < 1.29 is 9.53 Å². The van der Waals surface area contributed by atoms with Gasteiger partial charge in [-0.05, 0) is 31.1 Å². The van der Waals surface area contributed by atoms with Gasteiger partial charge in [-0.25, -0.2) is 4.79 Å². The normalized spacial score (nSPS) is 17.3. The van der Waals surface area contributed by atoms with E-state index in [1.54, 1.807) is 6.92 Å². The molecular formula is C23H24N2O2. The van der Waals surface area contributed by atoms with Crippen molar-refractivity contribution in [2.24, 2.45) is 5.10 Å². The number of ether oxygens (including phenoxy) is 1. The number of allylic oxidation sites excluding steroid dienone is 2. The van der Waals surface area contributed by atoms with Crippen molar-refractivity contribution in [1.82, 2.24) is 5.01 Å². The molecule has 2 aromatic carbocycles. The summed E-state index contributed by atoms with van der Waals surface area (Å²) in [7, 11) is 0. The maximum absolute atomic E-state index is 11.9. The van der Waals surface area contributed by atoms with Crippen LogP contribution in [-0.4, -0.2) is 23.3 Å². The van der Waals surface area contributed by atoms with Gasteiger partial charge in [-0.15, -0.1) is 0 Å². The quantitative estimate of drug-likeness (QED) is 0.539. The molecule has 0 aromatic heterocycles. The minimum atomic E-state index is -0.342. The topological polar surface area (TPSA) is 41.9 Å². The Hall–Kier alpha value is -3.14. The Kier molecular flexibility index (Phi) is 6.21. The Balaban J connectivity index is 1.86. The van der Waals surface area contributed by atoms with Crippen molar-refractivity contribution in [3.05, 3.63) is 89.6 Å². The summed E-state index contributed by atoms with van der Waals surface area (Å²) in [6.07, 6.45) is 6.39. The van der Waals surface area contributed by atoms with Gasteiger partial charge in [0.25, 0.3) is 0 Å². The van der Waals surface area contributed by atoms with Gasteiger partial charge in [-0.1, -0.05) is 66.7 Å². The van der Waals surface area contributed by atoms with Crippen LogP contribution in [0.3, 0.4) is 0 Å². The van der Waals surface area contributed by atoms with Gasteiger partial charge in [0.15, 0.2) is 0 Å². The standard InChI is InChI=1S/C23H24N2O2/c1-3-27-23(26)16-18(2)25-22(20-12-8-5-9-13-20)17-21(24-25)15-14-19-10-6-4-7-11-19/h4-16,22H,3,17H2,1-2H3/b15-14+,18-16+. The lowest BCUT2D eigenvalue weighted by molar-refractivity contribution is -0.137. The summed E-state index contributed by atoms with van der Waals surface area (Å²) < 4.78 is 5.04. The molecule has 138 valence electrons. The van der Waals surface area contributed by atoms with E-state index in [0.717, 1.165) is 23.4 Å². The third-order valence-corrected chi connectivity index (χ3v) is 4.36. The number of nitrogens with zero attached hydrogens (tertiary/aromatic N) is 2. The lowest BCUT2D eigenvalue weighted by Crippen LogP contribution is -2.18. The van der Waals surface area contributed by atoms with Crippen molar-refractivity contribution in [1.29, 1.82) is 0 Å². The number of hydrogen-bond acceptors (Lipinski definition) is 4. The van der Waals surface area contributed by atoms with Crippen molar-refractivity contribution in [2.75, 3.05) is 6.61 Å². The minimum Gasteiger partial charge on any atom is -0.463 e. The summed E-state index contributed by atoms with van der Waals surface area (Å²) in [6.45, 7) is 4.05. The number of hydrogen-bond donors (Lipinski definition) is 0. The second-order valence-corrected chi connectivity index (χ2v) is 6.35. The monoisotopic (exact) mass is 360 g/mol.